The monoisotopic (exact) mass is 72.1 g/mol. The van der Waals surface area contributed by atoms with E-state index in [4.69, 9.17) is 0 Å². The van der Waals surface area contributed by atoms with Crippen molar-refractivity contribution >= 4 is 16.3 Å². The molecule has 0 aliphatic rings. The van der Waals surface area contributed by atoms with E-state index >= 15 is 0 Å². The Morgan fingerprint density at radius 3 is 1.75 bits per heavy atom. The molecule has 0 unspecified atom stereocenters. The molecular weight excluding hydrogens is 63.0 g/mol. The molecular formula is C3H9Al. The van der Waals surface area contributed by atoms with E-state index in [1.807, 2.05) is 0 Å². The zero-order chi connectivity index (χ0) is 3.58. The van der Waals surface area contributed by atoms with Crippen molar-refractivity contribution in [1.29, 1.82) is 0 Å². The first kappa shape index (κ1) is 4.53. The van der Waals surface area contributed by atoms with Gasteiger partial charge in [-0.15, -0.1) is 4.78 Å². The van der Waals surface area contributed by atoms with E-state index < -0.39 is 0 Å². The molecule has 0 nitrogen and oxygen atoms in total. The number of hydrogen-bond acceptors (Lipinski definition) is 0. The maximum absolute atomic E-state index is 2.66. The van der Waals surface area contributed by atoms with Crippen LogP contribution in [0.1, 0.15) is 15.3 Å². The highest BCUT2D eigenvalue weighted by Crippen LogP contribution is 1.84. The Labute approximate surface area is 37.1 Å². The lowest BCUT2D eigenvalue weighted by atomic mass is 10.6. The van der Waals surface area contributed by atoms with Crippen molar-refractivity contribution in [2.45, 2.75) is 18.6 Å². The van der Waals surface area contributed by atoms with Gasteiger partial charge in [0.2, 0.25) is 0 Å². The molecule has 0 heterocycles. The van der Waals surface area contributed by atoms with Crippen LogP contribution in [0.15, 0.2) is 0 Å². The molecule has 0 amide bonds. The van der Waals surface area contributed by atoms with Crippen molar-refractivity contribution in [1.82, 2.24) is 0 Å². The number of hydrogen-bond donors (Lipinski definition) is 0. The Balaban J connectivity index is 0. The van der Waals surface area contributed by atoms with Crippen molar-refractivity contribution in [3.05, 3.63) is 0 Å². The molecule has 0 N–H and O–H groups in total. The largest absolute Gasteiger partial charge is 0.122 e. The second-order valence-electron chi connectivity index (χ2n) is 1.24. The summed E-state index contributed by atoms with van der Waals surface area (Å²) < 4.78 is 0.750. The average Bonchev–Trinajstić information content (AvgIpc) is 0.811. The summed E-state index contributed by atoms with van der Waals surface area (Å²) >= 11 is 2.66. The van der Waals surface area contributed by atoms with Gasteiger partial charge >= 0.3 is 0 Å². The van der Waals surface area contributed by atoms with Crippen LogP contribution in [-0.2, 0) is 0 Å². The van der Waals surface area contributed by atoms with Crippen LogP contribution >= 0.6 is 0 Å². The highest BCUT2D eigenvalue weighted by atomic mass is 27.0. The predicted molar refractivity (Wildman–Crippen MR) is 23.0 cm³/mol. The number of rotatable bonds is 0. The SMILES string of the molecule is C[CH](C)[Al].[HH]. The molecule has 0 saturated carbocycles. The molecule has 0 atom stereocenters. The van der Waals surface area contributed by atoms with Crippen molar-refractivity contribution in [2.75, 3.05) is 0 Å². The molecule has 4 heavy (non-hydrogen) atoms. The highest BCUT2D eigenvalue weighted by Gasteiger charge is 1.68. The van der Waals surface area contributed by atoms with E-state index in [1.54, 1.807) is 0 Å². The maximum Gasteiger partial charge on any atom is 0.122 e. The Morgan fingerprint density at radius 2 is 1.75 bits per heavy atom. The normalized spacial score (nSPS) is 8.75. The molecule has 0 aromatic heterocycles. The molecule has 24 valence electrons. The molecule has 0 rings (SSSR count). The first-order chi connectivity index (χ1) is 1.73. The van der Waals surface area contributed by atoms with Crippen LogP contribution in [-0.4, -0.2) is 16.3 Å². The van der Waals surface area contributed by atoms with Gasteiger partial charge in [0.25, 0.3) is 0 Å². The maximum atomic E-state index is 2.66. The third-order valence-corrected chi connectivity index (χ3v) is 0. The topological polar surface area (TPSA) is 0 Å². The molecule has 0 aromatic carbocycles. The first-order valence-corrected chi connectivity index (χ1v) is 2.15. The molecule has 1 heteroatoms. The lowest BCUT2D eigenvalue weighted by Gasteiger charge is -1.80. The summed E-state index contributed by atoms with van der Waals surface area (Å²) in [6.45, 7) is 4.26. The van der Waals surface area contributed by atoms with E-state index in [0.29, 0.717) is 0 Å². The Kier molecular flexibility index (Phi) is 2.06. The van der Waals surface area contributed by atoms with Gasteiger partial charge in [0, 0.05) is 1.43 Å². The van der Waals surface area contributed by atoms with Gasteiger partial charge < -0.3 is 0 Å². The summed E-state index contributed by atoms with van der Waals surface area (Å²) in [5.74, 6) is 0. The van der Waals surface area contributed by atoms with Crippen molar-refractivity contribution in [3.8, 4) is 0 Å². The van der Waals surface area contributed by atoms with Gasteiger partial charge in [-0.1, -0.05) is 13.8 Å². The minimum absolute atomic E-state index is 0. The van der Waals surface area contributed by atoms with Crippen LogP contribution < -0.4 is 0 Å². The van der Waals surface area contributed by atoms with Crippen LogP contribution in [0.2, 0.25) is 4.78 Å². The zero-order valence-corrected chi connectivity index (χ0v) is 4.31. The summed E-state index contributed by atoms with van der Waals surface area (Å²) in [5.41, 5.74) is 0. The van der Waals surface area contributed by atoms with Crippen LogP contribution in [0.25, 0.3) is 0 Å². The zero-order valence-electron chi connectivity index (χ0n) is 3.15. The average molecular weight is 72.1 g/mol. The van der Waals surface area contributed by atoms with Gasteiger partial charge in [-0.05, 0) is 0 Å². The van der Waals surface area contributed by atoms with Gasteiger partial charge in [0.1, 0.15) is 16.3 Å². The predicted octanol–water partition coefficient (Wildman–Crippen LogP) is 1.23. The third-order valence-electron chi connectivity index (χ3n) is 0. The standard InChI is InChI=1S/C3H7.Al.H2/c1-3-2;;/h3H,1-2H3;;1H. The molecule has 0 aliphatic carbocycles. The Morgan fingerprint density at radius 1 is 1.75 bits per heavy atom. The smallest absolute Gasteiger partial charge is 0.113 e. The van der Waals surface area contributed by atoms with E-state index in [1.165, 1.54) is 0 Å². The molecule has 0 aromatic rings. The van der Waals surface area contributed by atoms with Crippen LogP contribution in [0.5, 0.6) is 0 Å². The molecule has 0 bridgehead atoms. The van der Waals surface area contributed by atoms with Crippen molar-refractivity contribution in [2.24, 2.45) is 0 Å². The van der Waals surface area contributed by atoms with Crippen LogP contribution in [0.4, 0.5) is 0 Å². The Hall–Kier alpha value is 0.532. The fourth-order valence-electron chi connectivity index (χ4n) is 0. The Bertz CT molecular complexity index is 11.6. The van der Waals surface area contributed by atoms with E-state index in [2.05, 4.69) is 30.1 Å². The van der Waals surface area contributed by atoms with Gasteiger partial charge in [-0.25, -0.2) is 0 Å². The second-order valence-corrected chi connectivity index (χ2v) is 2.58. The molecule has 0 aliphatic heterocycles. The van der Waals surface area contributed by atoms with E-state index in [9.17, 15) is 0 Å². The molecule has 2 radical (unpaired) electrons. The van der Waals surface area contributed by atoms with Crippen molar-refractivity contribution < 1.29 is 1.43 Å². The summed E-state index contributed by atoms with van der Waals surface area (Å²) in [4.78, 5) is 0. The summed E-state index contributed by atoms with van der Waals surface area (Å²) in [6, 6.07) is 0. The molecule has 0 fully saturated rings. The lowest BCUT2D eigenvalue weighted by Crippen LogP contribution is -1.67. The lowest BCUT2D eigenvalue weighted by molar-refractivity contribution is 1.08. The minimum atomic E-state index is 0. The molecule has 0 spiro atoms. The summed E-state index contributed by atoms with van der Waals surface area (Å²) in [5, 5.41) is 0. The van der Waals surface area contributed by atoms with E-state index in [0.717, 1.165) is 4.78 Å². The van der Waals surface area contributed by atoms with E-state index in [-0.39, 0.29) is 1.43 Å². The van der Waals surface area contributed by atoms with Gasteiger partial charge in [0.15, 0.2) is 0 Å². The minimum Gasteiger partial charge on any atom is -0.113 e. The first-order valence-electron chi connectivity index (χ1n) is 1.49. The van der Waals surface area contributed by atoms with Gasteiger partial charge in [0.05, 0.1) is 0 Å². The molecule has 0 saturated heterocycles. The van der Waals surface area contributed by atoms with Gasteiger partial charge in [-0.3, -0.25) is 0 Å². The quantitative estimate of drug-likeness (QED) is 0.377. The van der Waals surface area contributed by atoms with Crippen LogP contribution in [0.3, 0.4) is 0 Å². The fraction of sp³-hybridized carbons (Fsp3) is 1.00. The second kappa shape index (κ2) is 1.82. The van der Waals surface area contributed by atoms with Crippen molar-refractivity contribution in [3.63, 3.8) is 0 Å². The summed E-state index contributed by atoms with van der Waals surface area (Å²) in [6.07, 6.45) is 0. The van der Waals surface area contributed by atoms with Crippen LogP contribution in [0, 0.1) is 0 Å². The highest BCUT2D eigenvalue weighted by molar-refractivity contribution is 6.10. The van der Waals surface area contributed by atoms with Gasteiger partial charge in [-0.2, -0.15) is 0 Å². The summed E-state index contributed by atoms with van der Waals surface area (Å²) in [7, 11) is 0. The fourth-order valence-corrected chi connectivity index (χ4v) is 0. The third kappa shape index (κ3) is 21.0.